The van der Waals surface area contributed by atoms with Gasteiger partial charge in [-0.15, -0.1) is 0 Å². The lowest BCUT2D eigenvalue weighted by Gasteiger charge is -2.18. The molecule has 2 aliphatic rings. The van der Waals surface area contributed by atoms with E-state index in [1.54, 1.807) is 7.11 Å². The van der Waals surface area contributed by atoms with E-state index in [2.05, 4.69) is 26.1 Å². The second-order valence-corrected chi connectivity index (χ2v) is 6.36. The smallest absolute Gasteiger partial charge is 0.172 e. The van der Waals surface area contributed by atoms with Crippen LogP contribution in [0.5, 0.6) is 11.5 Å². The Hall–Kier alpha value is -0.780. The van der Waals surface area contributed by atoms with Crippen LogP contribution in [0.1, 0.15) is 5.56 Å². The number of benzene rings is 1. The highest BCUT2D eigenvalue weighted by molar-refractivity contribution is 9.10. The van der Waals surface area contributed by atoms with Gasteiger partial charge in [-0.3, -0.25) is 4.90 Å². The Labute approximate surface area is 121 Å². The summed E-state index contributed by atoms with van der Waals surface area (Å²) in [5.74, 6) is 2.32. The molecule has 0 spiro atoms. The molecule has 2 fully saturated rings. The van der Waals surface area contributed by atoms with Gasteiger partial charge in [0.2, 0.25) is 0 Å². The van der Waals surface area contributed by atoms with Crippen molar-refractivity contribution in [2.24, 2.45) is 11.8 Å². The number of hydrogen-bond acceptors (Lipinski definition) is 4. The number of nitrogens with one attached hydrogen (secondary N) is 1. The molecule has 104 valence electrons. The molecule has 2 heterocycles. The molecule has 2 N–H and O–H groups in total. The van der Waals surface area contributed by atoms with Gasteiger partial charge in [-0.25, -0.2) is 0 Å². The van der Waals surface area contributed by atoms with Crippen molar-refractivity contribution < 1.29 is 9.84 Å². The minimum absolute atomic E-state index is 0.175. The topological polar surface area (TPSA) is 44.7 Å². The fraction of sp³-hybridized carbons (Fsp3) is 0.571. The van der Waals surface area contributed by atoms with E-state index in [4.69, 9.17) is 4.74 Å². The Bertz CT molecular complexity index is 469. The van der Waals surface area contributed by atoms with Gasteiger partial charge in [-0.05, 0) is 58.6 Å². The molecule has 4 nitrogen and oxygen atoms in total. The summed E-state index contributed by atoms with van der Waals surface area (Å²) in [6.45, 7) is 5.56. The van der Waals surface area contributed by atoms with Gasteiger partial charge in [-0.1, -0.05) is 0 Å². The van der Waals surface area contributed by atoms with Crippen LogP contribution in [-0.2, 0) is 6.54 Å². The monoisotopic (exact) mass is 326 g/mol. The van der Waals surface area contributed by atoms with Gasteiger partial charge in [0.1, 0.15) is 0 Å². The molecular weight excluding hydrogens is 308 g/mol. The zero-order chi connectivity index (χ0) is 13.4. The zero-order valence-electron chi connectivity index (χ0n) is 11.0. The highest BCUT2D eigenvalue weighted by Crippen LogP contribution is 2.36. The van der Waals surface area contributed by atoms with Crippen molar-refractivity contribution in [1.82, 2.24) is 10.2 Å². The quantitative estimate of drug-likeness (QED) is 0.889. The highest BCUT2D eigenvalue weighted by atomic mass is 79.9. The number of methoxy groups -OCH3 is 1. The summed E-state index contributed by atoms with van der Waals surface area (Å²) in [5.41, 5.74) is 1.18. The summed E-state index contributed by atoms with van der Waals surface area (Å²) < 4.78 is 5.89. The summed E-state index contributed by atoms with van der Waals surface area (Å²) in [6, 6.07) is 3.90. The molecule has 0 aromatic heterocycles. The van der Waals surface area contributed by atoms with Crippen LogP contribution >= 0.6 is 15.9 Å². The molecule has 5 heteroatoms. The molecule has 1 aromatic rings. The summed E-state index contributed by atoms with van der Waals surface area (Å²) in [6.07, 6.45) is 0. The average Bonchev–Trinajstić information content (AvgIpc) is 2.94. The fourth-order valence-corrected chi connectivity index (χ4v) is 3.70. The second-order valence-electron chi connectivity index (χ2n) is 5.50. The van der Waals surface area contributed by atoms with Crippen LogP contribution in [0.4, 0.5) is 0 Å². The molecule has 2 atom stereocenters. The molecule has 0 radical (unpaired) electrons. The van der Waals surface area contributed by atoms with Gasteiger partial charge in [0.25, 0.3) is 0 Å². The van der Waals surface area contributed by atoms with Crippen LogP contribution in [-0.4, -0.2) is 43.3 Å². The first kappa shape index (κ1) is 13.2. The average molecular weight is 327 g/mol. The van der Waals surface area contributed by atoms with Crippen molar-refractivity contribution in [3.05, 3.63) is 22.2 Å². The Morgan fingerprint density at radius 2 is 2.05 bits per heavy atom. The van der Waals surface area contributed by atoms with Crippen molar-refractivity contribution in [2.75, 3.05) is 33.3 Å². The van der Waals surface area contributed by atoms with Crippen molar-refractivity contribution >= 4 is 15.9 Å². The number of fused-ring (bicyclic) bond motifs is 1. The Kier molecular flexibility index (Phi) is 3.69. The maximum absolute atomic E-state index is 9.82. The third kappa shape index (κ3) is 2.59. The molecule has 19 heavy (non-hydrogen) atoms. The number of aromatic hydroxyl groups is 1. The summed E-state index contributed by atoms with van der Waals surface area (Å²) >= 11 is 3.38. The Balaban J connectivity index is 1.72. The van der Waals surface area contributed by atoms with Crippen LogP contribution in [0.15, 0.2) is 16.6 Å². The lowest BCUT2D eigenvalue weighted by atomic mass is 10.0. The predicted octanol–water partition coefficient (Wildman–Crippen LogP) is 1.81. The Morgan fingerprint density at radius 3 is 2.68 bits per heavy atom. The van der Waals surface area contributed by atoms with Gasteiger partial charge in [0.05, 0.1) is 11.6 Å². The zero-order valence-corrected chi connectivity index (χ0v) is 12.6. The normalized spacial score (nSPS) is 26.6. The third-order valence-corrected chi connectivity index (χ3v) is 4.78. The molecule has 0 bridgehead atoms. The lowest BCUT2D eigenvalue weighted by Crippen LogP contribution is -2.25. The predicted molar refractivity (Wildman–Crippen MR) is 77.5 cm³/mol. The van der Waals surface area contributed by atoms with Gasteiger partial charge < -0.3 is 15.2 Å². The summed E-state index contributed by atoms with van der Waals surface area (Å²) in [4.78, 5) is 2.49. The van der Waals surface area contributed by atoms with E-state index in [9.17, 15) is 5.11 Å². The van der Waals surface area contributed by atoms with E-state index in [0.717, 1.165) is 31.5 Å². The van der Waals surface area contributed by atoms with Gasteiger partial charge in [-0.2, -0.15) is 0 Å². The van der Waals surface area contributed by atoms with E-state index in [1.807, 2.05) is 12.1 Å². The van der Waals surface area contributed by atoms with Gasteiger partial charge >= 0.3 is 0 Å². The van der Waals surface area contributed by atoms with Crippen LogP contribution in [0.2, 0.25) is 0 Å². The van der Waals surface area contributed by atoms with Crippen molar-refractivity contribution in [2.45, 2.75) is 6.54 Å². The summed E-state index contributed by atoms with van der Waals surface area (Å²) in [7, 11) is 1.58. The summed E-state index contributed by atoms with van der Waals surface area (Å²) in [5, 5.41) is 13.3. The minimum Gasteiger partial charge on any atom is -0.503 e. The van der Waals surface area contributed by atoms with Crippen molar-refractivity contribution in [3.8, 4) is 11.5 Å². The number of hydrogen-bond donors (Lipinski definition) is 2. The van der Waals surface area contributed by atoms with Crippen LogP contribution in [0.3, 0.4) is 0 Å². The fourth-order valence-electron chi connectivity index (χ4n) is 3.21. The molecule has 3 rings (SSSR count). The highest BCUT2D eigenvalue weighted by Gasteiger charge is 2.35. The molecular formula is C14H19BrN2O2. The van der Waals surface area contributed by atoms with E-state index in [-0.39, 0.29) is 5.75 Å². The third-order valence-electron chi connectivity index (χ3n) is 4.18. The van der Waals surface area contributed by atoms with Gasteiger partial charge in [0, 0.05) is 19.6 Å². The number of rotatable bonds is 3. The van der Waals surface area contributed by atoms with Crippen LogP contribution in [0.25, 0.3) is 0 Å². The molecule has 0 unspecified atom stereocenters. The van der Waals surface area contributed by atoms with E-state index in [1.165, 1.54) is 18.7 Å². The first-order valence-corrected chi connectivity index (χ1v) is 7.45. The number of nitrogens with zero attached hydrogens (tertiary/aromatic N) is 1. The van der Waals surface area contributed by atoms with Crippen molar-refractivity contribution in [1.29, 1.82) is 0 Å². The number of ether oxygens (including phenoxy) is 1. The van der Waals surface area contributed by atoms with Crippen LogP contribution < -0.4 is 10.1 Å². The van der Waals surface area contributed by atoms with E-state index >= 15 is 0 Å². The first-order chi connectivity index (χ1) is 9.17. The van der Waals surface area contributed by atoms with Gasteiger partial charge in [0.15, 0.2) is 11.5 Å². The SMILES string of the molecule is COc1cc(CN2C[C@H]3CNC[C@H]3C2)cc(Br)c1O. The maximum Gasteiger partial charge on any atom is 0.172 e. The molecule has 0 aliphatic carbocycles. The molecule has 2 aliphatic heterocycles. The molecule has 0 saturated carbocycles. The lowest BCUT2D eigenvalue weighted by molar-refractivity contribution is 0.304. The second kappa shape index (κ2) is 5.31. The van der Waals surface area contributed by atoms with Crippen LogP contribution in [0, 0.1) is 11.8 Å². The number of likely N-dealkylation sites (tertiary alicyclic amines) is 1. The standard InChI is InChI=1S/C14H19BrN2O2/c1-19-13-3-9(2-12(15)14(13)18)6-17-7-10-4-16-5-11(10)8-17/h2-3,10-11,16,18H,4-8H2,1H3/t10-,11+. The van der Waals surface area contributed by atoms with E-state index in [0.29, 0.717) is 10.2 Å². The molecule has 0 amide bonds. The largest absolute Gasteiger partial charge is 0.503 e. The minimum atomic E-state index is 0.175. The number of halogens is 1. The Morgan fingerprint density at radius 1 is 1.37 bits per heavy atom. The number of phenols is 1. The molecule has 1 aromatic carbocycles. The first-order valence-electron chi connectivity index (χ1n) is 6.66. The number of phenolic OH excluding ortho intramolecular Hbond substituents is 1. The van der Waals surface area contributed by atoms with E-state index < -0.39 is 0 Å². The molecule has 2 saturated heterocycles. The maximum atomic E-state index is 9.82. The van der Waals surface area contributed by atoms with Crippen molar-refractivity contribution in [3.63, 3.8) is 0 Å².